The van der Waals surface area contributed by atoms with Crippen molar-refractivity contribution in [3.63, 3.8) is 0 Å². The third-order valence-electron chi connectivity index (χ3n) is 4.37. The molecule has 3 rings (SSSR count). The Labute approximate surface area is 109 Å². The summed E-state index contributed by atoms with van der Waals surface area (Å²) in [7, 11) is 0. The first-order valence-electron chi connectivity index (χ1n) is 7.47. The lowest BCUT2D eigenvalue weighted by Gasteiger charge is -2.25. The van der Waals surface area contributed by atoms with Gasteiger partial charge in [0.1, 0.15) is 5.82 Å². The van der Waals surface area contributed by atoms with Crippen molar-refractivity contribution in [1.82, 2.24) is 15.3 Å². The van der Waals surface area contributed by atoms with Gasteiger partial charge in [-0.05, 0) is 38.6 Å². The second-order valence-electron chi connectivity index (χ2n) is 5.61. The lowest BCUT2D eigenvalue weighted by molar-refractivity contribution is 0.399. The molecule has 1 N–H and O–H groups in total. The Morgan fingerprint density at radius 1 is 1.22 bits per heavy atom. The molecule has 3 nitrogen and oxygen atoms in total. The van der Waals surface area contributed by atoms with E-state index < -0.39 is 0 Å². The molecule has 2 aliphatic carbocycles. The first-order valence-corrected chi connectivity index (χ1v) is 7.47. The van der Waals surface area contributed by atoms with Crippen LogP contribution in [0.2, 0.25) is 0 Å². The number of aromatic nitrogens is 2. The molecule has 0 saturated heterocycles. The molecule has 1 saturated carbocycles. The van der Waals surface area contributed by atoms with Gasteiger partial charge in [-0.2, -0.15) is 0 Å². The number of nitrogens with zero attached hydrogens (tertiary/aromatic N) is 2. The first kappa shape index (κ1) is 12.1. The van der Waals surface area contributed by atoms with Gasteiger partial charge in [0.15, 0.2) is 0 Å². The summed E-state index contributed by atoms with van der Waals surface area (Å²) in [6.07, 6.45) is 11.0. The smallest absolute Gasteiger partial charge is 0.131 e. The van der Waals surface area contributed by atoms with Crippen LogP contribution in [0.5, 0.6) is 0 Å². The first-order chi connectivity index (χ1) is 8.88. The van der Waals surface area contributed by atoms with E-state index in [-0.39, 0.29) is 0 Å². The lowest BCUT2D eigenvalue weighted by Crippen LogP contribution is -2.22. The van der Waals surface area contributed by atoms with E-state index in [4.69, 9.17) is 4.98 Å². The third-order valence-corrected chi connectivity index (χ3v) is 4.37. The molecule has 0 aliphatic heterocycles. The van der Waals surface area contributed by atoms with Gasteiger partial charge in [-0.15, -0.1) is 0 Å². The Hall–Kier alpha value is -0.960. The van der Waals surface area contributed by atoms with Crippen molar-refractivity contribution in [3.05, 3.63) is 23.3 Å². The molecule has 1 fully saturated rings. The molecule has 1 aromatic rings. The normalized spacial score (nSPS) is 24.2. The molecule has 2 aliphatic rings. The summed E-state index contributed by atoms with van der Waals surface area (Å²) >= 11 is 0. The van der Waals surface area contributed by atoms with Gasteiger partial charge >= 0.3 is 0 Å². The number of hydrogen-bond acceptors (Lipinski definition) is 3. The Morgan fingerprint density at radius 2 is 2.11 bits per heavy atom. The molecular formula is C15H23N3. The Bertz CT molecular complexity index is 412. The number of hydrogen-bond donors (Lipinski definition) is 1. The quantitative estimate of drug-likeness (QED) is 0.831. The molecule has 1 heterocycles. The van der Waals surface area contributed by atoms with Crippen LogP contribution < -0.4 is 5.32 Å². The molecule has 18 heavy (non-hydrogen) atoms. The van der Waals surface area contributed by atoms with E-state index in [9.17, 15) is 0 Å². The minimum absolute atomic E-state index is 0.475. The van der Waals surface area contributed by atoms with Crippen molar-refractivity contribution in [2.45, 2.75) is 63.8 Å². The zero-order valence-corrected chi connectivity index (χ0v) is 11.3. The molecule has 1 unspecified atom stereocenters. The predicted molar refractivity (Wildman–Crippen MR) is 72.6 cm³/mol. The zero-order valence-electron chi connectivity index (χ0n) is 11.3. The monoisotopic (exact) mass is 245 g/mol. The maximum atomic E-state index is 4.88. The van der Waals surface area contributed by atoms with Crippen LogP contribution in [-0.4, -0.2) is 16.5 Å². The number of rotatable bonds is 3. The van der Waals surface area contributed by atoms with Gasteiger partial charge in [0.2, 0.25) is 0 Å². The molecule has 98 valence electrons. The molecule has 0 radical (unpaired) electrons. The Morgan fingerprint density at radius 3 is 2.83 bits per heavy atom. The van der Waals surface area contributed by atoms with Crippen molar-refractivity contribution in [2.24, 2.45) is 0 Å². The average molecular weight is 245 g/mol. The third kappa shape index (κ3) is 2.28. The van der Waals surface area contributed by atoms with Crippen molar-refractivity contribution in [1.29, 1.82) is 0 Å². The van der Waals surface area contributed by atoms with Crippen LogP contribution in [0.3, 0.4) is 0 Å². The van der Waals surface area contributed by atoms with Crippen LogP contribution in [-0.2, 0) is 6.42 Å². The van der Waals surface area contributed by atoms with Gasteiger partial charge in [0.25, 0.3) is 0 Å². The minimum Gasteiger partial charge on any atom is -0.310 e. The highest BCUT2D eigenvalue weighted by Gasteiger charge is 2.25. The molecule has 1 aromatic heterocycles. The molecule has 3 heteroatoms. The topological polar surface area (TPSA) is 37.8 Å². The zero-order chi connectivity index (χ0) is 12.4. The van der Waals surface area contributed by atoms with Gasteiger partial charge in [-0.1, -0.05) is 19.8 Å². The number of aryl methyl sites for hydroxylation is 1. The fourth-order valence-corrected chi connectivity index (χ4v) is 3.05. The van der Waals surface area contributed by atoms with Gasteiger partial charge < -0.3 is 5.32 Å². The Kier molecular flexibility index (Phi) is 3.59. The number of fused-ring (bicyclic) bond motifs is 1. The van der Waals surface area contributed by atoms with E-state index in [1.807, 2.05) is 0 Å². The summed E-state index contributed by atoms with van der Waals surface area (Å²) in [6, 6.07) is 0.475. The SMILES string of the molecule is CCNC1CCCCc2nc(C3CCC3)ncc21. The summed E-state index contributed by atoms with van der Waals surface area (Å²) in [5.41, 5.74) is 2.67. The molecule has 0 bridgehead atoms. The summed E-state index contributed by atoms with van der Waals surface area (Å²) in [5, 5.41) is 3.58. The van der Waals surface area contributed by atoms with Gasteiger partial charge in [0, 0.05) is 29.4 Å². The molecule has 0 spiro atoms. The molecule has 0 aromatic carbocycles. The van der Waals surface area contributed by atoms with Crippen LogP contribution in [0.15, 0.2) is 6.20 Å². The van der Waals surface area contributed by atoms with E-state index in [0.717, 1.165) is 18.8 Å². The molecule has 0 amide bonds. The van der Waals surface area contributed by atoms with Crippen LogP contribution in [0.4, 0.5) is 0 Å². The van der Waals surface area contributed by atoms with Crippen molar-refractivity contribution in [2.75, 3.05) is 6.54 Å². The second-order valence-corrected chi connectivity index (χ2v) is 5.61. The van der Waals surface area contributed by atoms with Crippen LogP contribution >= 0.6 is 0 Å². The van der Waals surface area contributed by atoms with E-state index in [1.54, 1.807) is 0 Å². The fourth-order valence-electron chi connectivity index (χ4n) is 3.05. The van der Waals surface area contributed by atoms with E-state index in [0.29, 0.717) is 12.0 Å². The Balaban J connectivity index is 1.88. The van der Waals surface area contributed by atoms with Crippen molar-refractivity contribution >= 4 is 0 Å². The van der Waals surface area contributed by atoms with Crippen LogP contribution in [0, 0.1) is 0 Å². The fraction of sp³-hybridized carbons (Fsp3) is 0.733. The maximum Gasteiger partial charge on any atom is 0.131 e. The molecular weight excluding hydrogens is 222 g/mol. The predicted octanol–water partition coefficient (Wildman–Crippen LogP) is 3.12. The highest BCUT2D eigenvalue weighted by atomic mass is 14.9. The lowest BCUT2D eigenvalue weighted by atomic mass is 9.84. The maximum absolute atomic E-state index is 4.88. The summed E-state index contributed by atoms with van der Waals surface area (Å²) in [5.74, 6) is 1.76. The van der Waals surface area contributed by atoms with Gasteiger partial charge in [-0.3, -0.25) is 0 Å². The molecule has 1 atom stereocenters. The largest absolute Gasteiger partial charge is 0.310 e. The summed E-state index contributed by atoms with van der Waals surface area (Å²) in [6.45, 7) is 3.20. The van der Waals surface area contributed by atoms with Crippen LogP contribution in [0.25, 0.3) is 0 Å². The van der Waals surface area contributed by atoms with E-state index >= 15 is 0 Å². The summed E-state index contributed by atoms with van der Waals surface area (Å²) < 4.78 is 0. The van der Waals surface area contributed by atoms with E-state index in [2.05, 4.69) is 23.4 Å². The van der Waals surface area contributed by atoms with Gasteiger partial charge in [0.05, 0.1) is 0 Å². The minimum atomic E-state index is 0.475. The van der Waals surface area contributed by atoms with Crippen molar-refractivity contribution in [3.8, 4) is 0 Å². The van der Waals surface area contributed by atoms with Gasteiger partial charge in [-0.25, -0.2) is 9.97 Å². The standard InChI is InChI=1S/C15H23N3/c1-2-16-13-8-3-4-9-14-12(13)10-17-15(18-14)11-6-5-7-11/h10-11,13,16H,2-9H2,1H3. The van der Waals surface area contributed by atoms with E-state index in [1.165, 1.54) is 49.8 Å². The number of nitrogens with one attached hydrogen (secondary N) is 1. The second kappa shape index (κ2) is 5.35. The highest BCUT2D eigenvalue weighted by molar-refractivity contribution is 5.24. The summed E-state index contributed by atoms with van der Waals surface area (Å²) in [4.78, 5) is 9.51. The average Bonchev–Trinajstić information content (AvgIpc) is 2.50. The van der Waals surface area contributed by atoms with Crippen molar-refractivity contribution < 1.29 is 0 Å². The highest BCUT2D eigenvalue weighted by Crippen LogP contribution is 2.35. The van der Waals surface area contributed by atoms with Crippen LogP contribution in [0.1, 0.15) is 74.5 Å².